The molecular weight excluding hydrogens is 413 g/mol. The number of Topliss-reactive ketones (excluding diaryl/α,β-unsaturated/α-hetero) is 1. The normalized spacial score (nSPS) is 11.5. The summed E-state index contributed by atoms with van der Waals surface area (Å²) >= 11 is 0. The summed E-state index contributed by atoms with van der Waals surface area (Å²) in [6.45, 7) is 0.537. The van der Waals surface area contributed by atoms with Crippen molar-refractivity contribution in [2.24, 2.45) is 0 Å². The fraction of sp³-hybridized carbons (Fsp3) is 0.0690. The molecule has 0 aliphatic heterocycles. The van der Waals surface area contributed by atoms with Gasteiger partial charge in [0.25, 0.3) is 0 Å². The average molecular weight is 438 g/mol. The first-order valence-electron chi connectivity index (χ1n) is 10.7. The van der Waals surface area contributed by atoms with Crippen LogP contribution in [-0.2, 0) is 6.54 Å². The largest absolute Gasteiger partial charge is 0.497 e. The smallest absolute Gasteiger partial charge is 0.195 e. The minimum absolute atomic E-state index is 0.187. The molecule has 0 heterocycles. The van der Waals surface area contributed by atoms with Gasteiger partial charge in [-0.25, -0.2) is 4.39 Å². The van der Waals surface area contributed by atoms with E-state index in [2.05, 4.69) is 5.32 Å². The predicted octanol–water partition coefficient (Wildman–Crippen LogP) is 6.38. The first-order chi connectivity index (χ1) is 16.2. The highest BCUT2D eigenvalue weighted by Gasteiger charge is 2.21. The zero-order chi connectivity index (χ0) is 23.0. The molecule has 0 bridgehead atoms. The summed E-state index contributed by atoms with van der Waals surface area (Å²) in [5.41, 5.74) is 4.34. The van der Waals surface area contributed by atoms with Gasteiger partial charge in [0.1, 0.15) is 11.6 Å². The van der Waals surface area contributed by atoms with Crippen LogP contribution >= 0.6 is 0 Å². The predicted molar refractivity (Wildman–Crippen MR) is 130 cm³/mol. The molecule has 4 rings (SSSR count). The number of allylic oxidation sites excluding steroid dienone is 1. The van der Waals surface area contributed by atoms with Crippen molar-refractivity contribution in [2.75, 3.05) is 7.11 Å². The molecular formula is C29H24FNO2. The molecule has 1 N–H and O–H groups in total. The lowest BCUT2D eigenvalue weighted by Crippen LogP contribution is -2.17. The van der Waals surface area contributed by atoms with E-state index in [0.717, 1.165) is 22.4 Å². The highest BCUT2D eigenvalue weighted by Crippen LogP contribution is 2.29. The lowest BCUT2D eigenvalue weighted by molar-refractivity contribution is 0.105. The molecule has 4 aromatic carbocycles. The van der Waals surface area contributed by atoms with E-state index < -0.39 is 0 Å². The number of carbonyl (C=O) groups is 1. The number of carbonyl (C=O) groups excluding carboxylic acids is 1. The highest BCUT2D eigenvalue weighted by molar-refractivity contribution is 6.34. The van der Waals surface area contributed by atoms with Gasteiger partial charge < -0.3 is 10.1 Å². The number of hydrogen-bond acceptors (Lipinski definition) is 3. The molecule has 0 aromatic heterocycles. The Labute approximate surface area is 193 Å². The van der Waals surface area contributed by atoms with Crippen LogP contribution in [0.1, 0.15) is 27.0 Å². The van der Waals surface area contributed by atoms with Crippen LogP contribution in [0, 0.1) is 5.82 Å². The fourth-order valence-electron chi connectivity index (χ4n) is 3.62. The number of halogens is 1. The lowest BCUT2D eigenvalue weighted by Gasteiger charge is -2.18. The Bertz CT molecular complexity index is 1230. The second-order valence-electron chi connectivity index (χ2n) is 7.52. The Hall–Kier alpha value is -4.18. The van der Waals surface area contributed by atoms with Crippen molar-refractivity contribution in [1.82, 2.24) is 5.32 Å². The number of rotatable bonds is 8. The molecule has 0 fully saturated rings. The lowest BCUT2D eigenvalue weighted by atomic mass is 9.92. The van der Waals surface area contributed by atoms with Gasteiger partial charge in [-0.05, 0) is 65.2 Å². The molecule has 0 saturated heterocycles. The quantitative estimate of drug-likeness (QED) is 0.198. The fourth-order valence-corrected chi connectivity index (χ4v) is 3.62. The number of ether oxygens (including phenoxy) is 1. The Balaban J connectivity index is 1.87. The Morgan fingerprint density at radius 1 is 0.727 bits per heavy atom. The molecule has 0 amide bonds. The Morgan fingerprint density at radius 3 is 1.91 bits per heavy atom. The summed E-state index contributed by atoms with van der Waals surface area (Å²) in [4.78, 5) is 13.8. The summed E-state index contributed by atoms with van der Waals surface area (Å²) in [6, 6.07) is 32.7. The number of nitrogens with one attached hydrogen (secondary N) is 1. The number of benzene rings is 4. The van der Waals surface area contributed by atoms with Crippen LogP contribution in [0.15, 0.2) is 109 Å². The van der Waals surface area contributed by atoms with Crippen molar-refractivity contribution in [3.05, 3.63) is 137 Å². The van der Waals surface area contributed by atoms with Crippen LogP contribution in [0.5, 0.6) is 5.75 Å². The summed E-state index contributed by atoms with van der Waals surface area (Å²) in [6.07, 6.45) is 0. The van der Waals surface area contributed by atoms with Crippen LogP contribution in [0.25, 0.3) is 11.3 Å². The van der Waals surface area contributed by atoms with E-state index in [1.165, 1.54) is 24.3 Å². The highest BCUT2D eigenvalue weighted by atomic mass is 19.1. The molecule has 0 spiro atoms. The van der Waals surface area contributed by atoms with E-state index in [-0.39, 0.29) is 11.6 Å². The number of ketones is 1. The van der Waals surface area contributed by atoms with Crippen LogP contribution in [-0.4, -0.2) is 12.9 Å². The van der Waals surface area contributed by atoms with E-state index in [0.29, 0.717) is 23.4 Å². The second-order valence-corrected chi connectivity index (χ2v) is 7.52. The molecule has 164 valence electrons. The van der Waals surface area contributed by atoms with Crippen LogP contribution in [0.3, 0.4) is 0 Å². The summed E-state index contributed by atoms with van der Waals surface area (Å²) in [5, 5.41) is 3.49. The van der Waals surface area contributed by atoms with Gasteiger partial charge in [0.2, 0.25) is 0 Å². The van der Waals surface area contributed by atoms with Crippen molar-refractivity contribution in [1.29, 1.82) is 0 Å². The molecule has 0 aliphatic carbocycles. The van der Waals surface area contributed by atoms with Crippen molar-refractivity contribution < 1.29 is 13.9 Å². The molecule has 0 atom stereocenters. The topological polar surface area (TPSA) is 38.3 Å². The summed E-state index contributed by atoms with van der Waals surface area (Å²) in [5.74, 6) is 0.161. The Morgan fingerprint density at radius 2 is 1.30 bits per heavy atom. The molecule has 0 saturated carbocycles. The van der Waals surface area contributed by atoms with E-state index in [4.69, 9.17) is 4.74 Å². The summed E-state index contributed by atoms with van der Waals surface area (Å²) in [7, 11) is 1.62. The van der Waals surface area contributed by atoms with Gasteiger partial charge in [-0.2, -0.15) is 0 Å². The zero-order valence-electron chi connectivity index (χ0n) is 18.3. The van der Waals surface area contributed by atoms with Crippen molar-refractivity contribution in [2.45, 2.75) is 6.54 Å². The van der Waals surface area contributed by atoms with E-state index in [1.54, 1.807) is 7.11 Å². The van der Waals surface area contributed by atoms with Gasteiger partial charge in [0.15, 0.2) is 5.78 Å². The first-order valence-corrected chi connectivity index (χ1v) is 10.7. The molecule has 4 aromatic rings. The van der Waals surface area contributed by atoms with Gasteiger partial charge in [-0.1, -0.05) is 60.7 Å². The Kier molecular flexibility index (Phi) is 6.96. The van der Waals surface area contributed by atoms with Crippen LogP contribution < -0.4 is 10.1 Å². The standard InChI is InChI=1S/C29H24FNO2/c1-33-26-18-14-23(15-19-26)28(31-20-21-8-4-2-5-9-21)27(22-10-6-3-7-11-22)29(32)24-12-16-25(30)17-13-24/h2-19,31H,20H2,1H3/b28-27+. The van der Waals surface area contributed by atoms with Gasteiger partial charge in [0.05, 0.1) is 18.4 Å². The number of hydrogen-bond donors (Lipinski definition) is 1. The summed E-state index contributed by atoms with van der Waals surface area (Å²) < 4.78 is 18.8. The van der Waals surface area contributed by atoms with Gasteiger partial charge in [0, 0.05) is 12.1 Å². The molecule has 0 aliphatic rings. The van der Waals surface area contributed by atoms with Crippen molar-refractivity contribution in [3.8, 4) is 5.75 Å². The van der Waals surface area contributed by atoms with Crippen LogP contribution in [0.2, 0.25) is 0 Å². The molecule has 0 unspecified atom stereocenters. The van der Waals surface area contributed by atoms with E-state index >= 15 is 0 Å². The SMILES string of the molecule is COc1ccc(/C(NCc2ccccc2)=C(\C(=O)c2ccc(F)cc2)c2ccccc2)cc1. The third-order valence-corrected chi connectivity index (χ3v) is 5.34. The third kappa shape index (κ3) is 5.36. The van der Waals surface area contributed by atoms with E-state index in [9.17, 15) is 9.18 Å². The molecule has 0 radical (unpaired) electrons. The third-order valence-electron chi connectivity index (χ3n) is 5.34. The van der Waals surface area contributed by atoms with Crippen molar-refractivity contribution >= 4 is 17.1 Å². The van der Waals surface area contributed by atoms with Crippen LogP contribution in [0.4, 0.5) is 4.39 Å². The second kappa shape index (κ2) is 10.4. The first kappa shape index (κ1) is 22.0. The molecule has 3 nitrogen and oxygen atoms in total. The minimum atomic E-state index is -0.380. The maximum atomic E-state index is 13.8. The van der Waals surface area contributed by atoms with Crippen molar-refractivity contribution in [3.63, 3.8) is 0 Å². The monoisotopic (exact) mass is 437 g/mol. The number of methoxy groups -OCH3 is 1. The molecule has 33 heavy (non-hydrogen) atoms. The maximum absolute atomic E-state index is 13.8. The minimum Gasteiger partial charge on any atom is -0.497 e. The maximum Gasteiger partial charge on any atom is 0.195 e. The van der Waals surface area contributed by atoms with Gasteiger partial charge in [-0.3, -0.25) is 4.79 Å². The zero-order valence-corrected chi connectivity index (χ0v) is 18.3. The van der Waals surface area contributed by atoms with Gasteiger partial charge in [-0.15, -0.1) is 0 Å². The average Bonchev–Trinajstić information content (AvgIpc) is 2.88. The van der Waals surface area contributed by atoms with E-state index in [1.807, 2.05) is 84.9 Å². The molecule has 4 heteroatoms. The van der Waals surface area contributed by atoms with Gasteiger partial charge >= 0.3 is 0 Å².